The van der Waals surface area contributed by atoms with Crippen LogP contribution in [0.4, 0.5) is 0 Å². The van der Waals surface area contributed by atoms with Crippen LogP contribution in [0.5, 0.6) is 0 Å². The van der Waals surface area contributed by atoms with E-state index in [1.165, 1.54) is 0 Å². The SMILES string of the molecule is COC[C@H](NC(=O)c1c(C)cc(C)[nH]c1=O)c1ccnn1C. The molecule has 0 unspecified atom stereocenters. The quantitative estimate of drug-likeness (QED) is 0.857. The highest BCUT2D eigenvalue weighted by Crippen LogP contribution is 2.13. The number of amides is 1. The molecule has 0 aromatic carbocycles. The Morgan fingerprint density at radius 3 is 2.77 bits per heavy atom. The minimum atomic E-state index is -0.429. The van der Waals surface area contributed by atoms with E-state index in [4.69, 9.17) is 4.74 Å². The summed E-state index contributed by atoms with van der Waals surface area (Å²) in [5.74, 6) is -0.429. The number of carbonyl (C=O) groups excluding carboxylic acids is 1. The first-order valence-electron chi connectivity index (χ1n) is 6.92. The van der Waals surface area contributed by atoms with Gasteiger partial charge in [-0.15, -0.1) is 0 Å². The highest BCUT2D eigenvalue weighted by molar-refractivity contribution is 5.95. The summed E-state index contributed by atoms with van der Waals surface area (Å²) in [5, 5.41) is 6.92. The second-order valence-corrected chi connectivity index (χ2v) is 5.20. The summed E-state index contributed by atoms with van der Waals surface area (Å²) < 4.78 is 6.82. The number of carbonyl (C=O) groups is 1. The van der Waals surface area contributed by atoms with Crippen molar-refractivity contribution in [1.29, 1.82) is 0 Å². The number of rotatable bonds is 5. The van der Waals surface area contributed by atoms with Crippen LogP contribution in [0.15, 0.2) is 23.1 Å². The maximum absolute atomic E-state index is 12.5. The number of aryl methyl sites for hydroxylation is 3. The summed E-state index contributed by atoms with van der Waals surface area (Å²) in [6, 6.07) is 3.19. The van der Waals surface area contributed by atoms with Crippen molar-refractivity contribution in [3.63, 3.8) is 0 Å². The molecular weight excluding hydrogens is 284 g/mol. The average Bonchev–Trinajstić information content (AvgIpc) is 2.83. The van der Waals surface area contributed by atoms with E-state index in [0.717, 1.165) is 11.4 Å². The maximum Gasteiger partial charge on any atom is 0.261 e. The average molecular weight is 304 g/mol. The van der Waals surface area contributed by atoms with Gasteiger partial charge in [0.15, 0.2) is 0 Å². The number of hydrogen-bond acceptors (Lipinski definition) is 4. The standard InChI is InChI=1S/C15H20N4O3/c1-9-7-10(2)17-14(20)13(9)15(21)18-11(8-22-4)12-5-6-16-19(12)3/h5-7,11H,8H2,1-4H3,(H,17,20)(H,18,21)/t11-/m0/s1. The van der Waals surface area contributed by atoms with Gasteiger partial charge in [-0.05, 0) is 31.5 Å². The molecule has 0 bridgehead atoms. The second kappa shape index (κ2) is 6.57. The lowest BCUT2D eigenvalue weighted by Gasteiger charge is -2.18. The minimum Gasteiger partial charge on any atom is -0.382 e. The van der Waals surface area contributed by atoms with Crippen LogP contribution in [0.3, 0.4) is 0 Å². The normalized spacial score (nSPS) is 12.2. The van der Waals surface area contributed by atoms with Crippen LogP contribution in [0, 0.1) is 13.8 Å². The molecule has 0 saturated carbocycles. The molecule has 2 rings (SSSR count). The van der Waals surface area contributed by atoms with Crippen molar-refractivity contribution in [3.05, 3.63) is 51.2 Å². The zero-order chi connectivity index (χ0) is 16.3. The molecule has 0 aliphatic carbocycles. The number of methoxy groups -OCH3 is 1. The van der Waals surface area contributed by atoms with E-state index in [1.54, 1.807) is 51.0 Å². The number of nitrogens with zero attached hydrogens (tertiary/aromatic N) is 2. The van der Waals surface area contributed by atoms with Gasteiger partial charge in [-0.25, -0.2) is 0 Å². The molecule has 1 amide bonds. The predicted octanol–water partition coefficient (Wildman–Crippen LogP) is 0.843. The summed E-state index contributed by atoms with van der Waals surface area (Å²) >= 11 is 0. The fourth-order valence-corrected chi connectivity index (χ4v) is 2.46. The van der Waals surface area contributed by atoms with E-state index in [9.17, 15) is 9.59 Å². The lowest BCUT2D eigenvalue weighted by atomic mass is 10.1. The Hall–Kier alpha value is -2.41. The summed E-state index contributed by atoms with van der Waals surface area (Å²) in [6.07, 6.45) is 1.65. The molecule has 22 heavy (non-hydrogen) atoms. The maximum atomic E-state index is 12.5. The third-order valence-corrected chi connectivity index (χ3v) is 3.45. The summed E-state index contributed by atoms with van der Waals surface area (Å²) in [6.45, 7) is 3.81. The molecule has 0 aliphatic rings. The van der Waals surface area contributed by atoms with E-state index in [2.05, 4.69) is 15.4 Å². The first kappa shape index (κ1) is 16.0. The molecule has 1 atom stereocenters. The van der Waals surface area contributed by atoms with Gasteiger partial charge in [0.25, 0.3) is 11.5 Å². The zero-order valence-electron chi connectivity index (χ0n) is 13.1. The molecular formula is C15H20N4O3. The highest BCUT2D eigenvalue weighted by atomic mass is 16.5. The van der Waals surface area contributed by atoms with Crippen molar-refractivity contribution < 1.29 is 9.53 Å². The molecule has 2 aromatic heterocycles. The molecule has 2 heterocycles. The Kier molecular flexibility index (Phi) is 4.77. The van der Waals surface area contributed by atoms with Crippen molar-refractivity contribution in [2.24, 2.45) is 7.05 Å². The summed E-state index contributed by atoms with van der Waals surface area (Å²) in [5.41, 5.74) is 1.89. The number of ether oxygens (including phenoxy) is 1. The van der Waals surface area contributed by atoms with Gasteiger partial charge in [0, 0.05) is 26.0 Å². The number of nitrogens with one attached hydrogen (secondary N) is 2. The van der Waals surface area contributed by atoms with E-state index in [0.29, 0.717) is 5.56 Å². The smallest absolute Gasteiger partial charge is 0.261 e. The molecule has 7 heteroatoms. The van der Waals surface area contributed by atoms with Crippen LogP contribution < -0.4 is 10.9 Å². The van der Waals surface area contributed by atoms with E-state index in [-0.39, 0.29) is 18.2 Å². The molecule has 0 fully saturated rings. The lowest BCUT2D eigenvalue weighted by Crippen LogP contribution is -2.36. The van der Waals surface area contributed by atoms with Crippen LogP contribution in [0.25, 0.3) is 0 Å². The topological polar surface area (TPSA) is 89.0 Å². The molecule has 0 aliphatic heterocycles. The fraction of sp³-hybridized carbons (Fsp3) is 0.400. The summed E-state index contributed by atoms with van der Waals surface area (Å²) in [7, 11) is 3.34. The zero-order valence-corrected chi connectivity index (χ0v) is 13.1. The van der Waals surface area contributed by atoms with Gasteiger partial charge in [0.1, 0.15) is 5.56 Å². The first-order valence-corrected chi connectivity index (χ1v) is 6.92. The highest BCUT2D eigenvalue weighted by Gasteiger charge is 2.21. The van der Waals surface area contributed by atoms with Gasteiger partial charge in [-0.3, -0.25) is 14.3 Å². The monoisotopic (exact) mass is 304 g/mol. The second-order valence-electron chi connectivity index (χ2n) is 5.20. The van der Waals surface area contributed by atoms with Gasteiger partial charge in [0.05, 0.1) is 18.3 Å². The van der Waals surface area contributed by atoms with Gasteiger partial charge in [-0.2, -0.15) is 5.10 Å². The van der Waals surface area contributed by atoms with Gasteiger partial charge in [0.2, 0.25) is 0 Å². The van der Waals surface area contributed by atoms with E-state index >= 15 is 0 Å². The fourth-order valence-electron chi connectivity index (χ4n) is 2.46. The number of aromatic nitrogens is 3. The molecule has 118 valence electrons. The van der Waals surface area contributed by atoms with Gasteiger partial charge < -0.3 is 15.0 Å². The van der Waals surface area contributed by atoms with Crippen LogP contribution in [-0.4, -0.2) is 34.4 Å². The van der Waals surface area contributed by atoms with Gasteiger partial charge >= 0.3 is 0 Å². The minimum absolute atomic E-state index is 0.119. The Morgan fingerprint density at radius 2 is 2.23 bits per heavy atom. The Bertz CT molecular complexity index is 733. The van der Waals surface area contributed by atoms with Crippen molar-refractivity contribution in [3.8, 4) is 0 Å². The van der Waals surface area contributed by atoms with Crippen LogP contribution in [-0.2, 0) is 11.8 Å². The van der Waals surface area contributed by atoms with Crippen LogP contribution in [0.1, 0.15) is 33.4 Å². The molecule has 0 saturated heterocycles. The number of pyridine rings is 1. The molecule has 0 spiro atoms. The Morgan fingerprint density at radius 1 is 1.50 bits per heavy atom. The number of H-pyrrole nitrogens is 1. The van der Waals surface area contributed by atoms with Gasteiger partial charge in [-0.1, -0.05) is 0 Å². The molecule has 2 aromatic rings. The third kappa shape index (κ3) is 3.25. The van der Waals surface area contributed by atoms with Crippen molar-refractivity contribution in [1.82, 2.24) is 20.1 Å². The lowest BCUT2D eigenvalue weighted by molar-refractivity contribution is 0.0890. The largest absolute Gasteiger partial charge is 0.382 e. The molecule has 7 nitrogen and oxygen atoms in total. The third-order valence-electron chi connectivity index (χ3n) is 3.45. The van der Waals surface area contributed by atoms with Crippen molar-refractivity contribution in [2.75, 3.05) is 13.7 Å². The Labute approximate surface area is 128 Å². The van der Waals surface area contributed by atoms with Crippen LogP contribution in [0.2, 0.25) is 0 Å². The van der Waals surface area contributed by atoms with E-state index < -0.39 is 11.5 Å². The van der Waals surface area contributed by atoms with Crippen molar-refractivity contribution in [2.45, 2.75) is 19.9 Å². The molecule has 0 radical (unpaired) electrons. The summed E-state index contributed by atoms with van der Waals surface area (Å²) in [4.78, 5) is 27.1. The first-order chi connectivity index (χ1) is 10.4. The molecule has 2 N–H and O–H groups in total. The predicted molar refractivity (Wildman–Crippen MR) is 81.8 cm³/mol. The van der Waals surface area contributed by atoms with E-state index in [1.807, 2.05) is 0 Å². The Balaban J connectivity index is 2.30. The van der Waals surface area contributed by atoms with Crippen molar-refractivity contribution >= 4 is 5.91 Å². The number of aromatic amines is 1. The number of hydrogen-bond donors (Lipinski definition) is 2. The van der Waals surface area contributed by atoms with Crippen LogP contribution >= 0.6 is 0 Å².